The molecule has 31 heavy (non-hydrogen) atoms. The van der Waals surface area contributed by atoms with Crippen LogP contribution in [0.4, 0.5) is 11.5 Å². The second kappa shape index (κ2) is 8.53. The quantitative estimate of drug-likeness (QED) is 0.541. The number of ether oxygens (including phenoxy) is 1. The van der Waals surface area contributed by atoms with Crippen LogP contribution in [0, 0.1) is 0 Å². The Morgan fingerprint density at radius 2 is 1.68 bits per heavy atom. The predicted octanol–water partition coefficient (Wildman–Crippen LogP) is 4.39. The maximum absolute atomic E-state index is 12.8. The highest BCUT2D eigenvalue weighted by atomic mass is 16.5. The van der Waals surface area contributed by atoms with Crippen molar-refractivity contribution in [2.75, 3.05) is 36.5 Å². The van der Waals surface area contributed by atoms with Gasteiger partial charge in [-0.3, -0.25) is 4.79 Å². The molecule has 0 aliphatic carbocycles. The van der Waals surface area contributed by atoms with E-state index in [1.807, 2.05) is 72.8 Å². The van der Waals surface area contributed by atoms with Crippen molar-refractivity contribution in [1.29, 1.82) is 0 Å². The highest BCUT2D eigenvalue weighted by Gasteiger charge is 2.14. The molecule has 4 aromatic rings. The Labute approximate surface area is 180 Å². The molecule has 3 aromatic carbocycles. The normalized spacial score (nSPS) is 13.9. The van der Waals surface area contributed by atoms with E-state index < -0.39 is 0 Å². The first kappa shape index (κ1) is 19.2. The number of carbonyl (C=O) groups excluding carboxylic acids is 1. The second-order valence-corrected chi connectivity index (χ2v) is 7.42. The first-order chi connectivity index (χ1) is 15.3. The minimum Gasteiger partial charge on any atom is -0.378 e. The zero-order chi connectivity index (χ0) is 21.0. The number of nitrogens with zero attached hydrogens (tertiary/aromatic N) is 3. The number of anilines is 2. The van der Waals surface area contributed by atoms with E-state index in [4.69, 9.17) is 4.74 Å². The minimum atomic E-state index is -0.139. The fraction of sp³-hybridized carbons (Fsp3) is 0.160. The number of nitrogens with one attached hydrogen (secondary N) is 1. The average Bonchev–Trinajstić information content (AvgIpc) is 2.85. The summed E-state index contributed by atoms with van der Waals surface area (Å²) in [6.45, 7) is 3.06. The van der Waals surface area contributed by atoms with E-state index in [9.17, 15) is 4.79 Å². The molecule has 5 rings (SSSR count). The maximum atomic E-state index is 12.8. The zero-order valence-electron chi connectivity index (χ0n) is 17.0. The molecule has 1 aromatic heterocycles. The Kier molecular flexibility index (Phi) is 5.29. The Morgan fingerprint density at radius 1 is 0.903 bits per heavy atom. The third kappa shape index (κ3) is 4.11. The van der Waals surface area contributed by atoms with Gasteiger partial charge >= 0.3 is 0 Å². The van der Waals surface area contributed by atoms with Crippen LogP contribution in [-0.2, 0) is 4.74 Å². The maximum Gasteiger partial charge on any atom is 0.255 e. The summed E-state index contributed by atoms with van der Waals surface area (Å²) >= 11 is 0. The zero-order valence-corrected chi connectivity index (χ0v) is 17.0. The van der Waals surface area contributed by atoms with E-state index in [0.717, 1.165) is 46.6 Å². The van der Waals surface area contributed by atoms with E-state index in [1.165, 1.54) is 0 Å². The highest BCUT2D eigenvalue weighted by molar-refractivity contribution is 6.09. The van der Waals surface area contributed by atoms with Crippen molar-refractivity contribution >= 4 is 28.2 Å². The van der Waals surface area contributed by atoms with Crippen molar-refractivity contribution in [2.24, 2.45) is 0 Å². The predicted molar refractivity (Wildman–Crippen MR) is 122 cm³/mol. The van der Waals surface area contributed by atoms with Crippen molar-refractivity contribution < 1.29 is 9.53 Å². The van der Waals surface area contributed by atoms with Gasteiger partial charge in [0.05, 0.1) is 18.9 Å². The van der Waals surface area contributed by atoms with Gasteiger partial charge in [0, 0.05) is 41.4 Å². The summed E-state index contributed by atoms with van der Waals surface area (Å²) in [6.07, 6.45) is 1.58. The SMILES string of the molecule is O=C(Nc1cccc2ccccc12)c1ccc(-c2cc(N3CCOCC3)ncn2)cc1. The van der Waals surface area contributed by atoms with Crippen LogP contribution >= 0.6 is 0 Å². The fourth-order valence-corrected chi connectivity index (χ4v) is 3.79. The summed E-state index contributed by atoms with van der Waals surface area (Å²) in [5.41, 5.74) is 3.17. The van der Waals surface area contributed by atoms with Crippen molar-refractivity contribution in [3.63, 3.8) is 0 Å². The number of hydrogen-bond acceptors (Lipinski definition) is 5. The molecule has 0 radical (unpaired) electrons. The van der Waals surface area contributed by atoms with Gasteiger partial charge in [0.1, 0.15) is 12.1 Å². The van der Waals surface area contributed by atoms with Crippen LogP contribution in [0.5, 0.6) is 0 Å². The third-order valence-corrected chi connectivity index (χ3v) is 5.47. The van der Waals surface area contributed by atoms with Gasteiger partial charge in [-0.15, -0.1) is 0 Å². The number of carbonyl (C=O) groups is 1. The lowest BCUT2D eigenvalue weighted by Gasteiger charge is -2.27. The van der Waals surface area contributed by atoms with Crippen molar-refractivity contribution in [2.45, 2.75) is 0 Å². The molecule has 1 aliphatic heterocycles. The summed E-state index contributed by atoms with van der Waals surface area (Å²) in [5, 5.41) is 5.14. The van der Waals surface area contributed by atoms with Crippen LogP contribution in [-0.4, -0.2) is 42.2 Å². The molecule has 0 bridgehead atoms. The number of morpholine rings is 1. The molecule has 6 nitrogen and oxygen atoms in total. The van der Waals surface area contributed by atoms with E-state index in [1.54, 1.807) is 6.33 Å². The van der Waals surface area contributed by atoms with Gasteiger partial charge in [0.15, 0.2) is 0 Å². The summed E-state index contributed by atoms with van der Waals surface area (Å²) < 4.78 is 5.41. The molecule has 6 heteroatoms. The van der Waals surface area contributed by atoms with Crippen LogP contribution in [0.25, 0.3) is 22.0 Å². The second-order valence-electron chi connectivity index (χ2n) is 7.42. The van der Waals surface area contributed by atoms with Crippen molar-refractivity contribution in [3.8, 4) is 11.3 Å². The van der Waals surface area contributed by atoms with Gasteiger partial charge in [0.25, 0.3) is 5.91 Å². The molecule has 1 fully saturated rings. The molecule has 1 amide bonds. The largest absolute Gasteiger partial charge is 0.378 e. The number of aromatic nitrogens is 2. The molecule has 0 unspecified atom stereocenters. The van der Waals surface area contributed by atoms with Gasteiger partial charge in [-0.1, -0.05) is 48.5 Å². The van der Waals surface area contributed by atoms with E-state index in [-0.39, 0.29) is 5.91 Å². The van der Waals surface area contributed by atoms with Crippen LogP contribution in [0.3, 0.4) is 0 Å². The van der Waals surface area contributed by atoms with E-state index >= 15 is 0 Å². The van der Waals surface area contributed by atoms with Crippen LogP contribution in [0.2, 0.25) is 0 Å². The molecular weight excluding hydrogens is 388 g/mol. The molecule has 2 heterocycles. The molecule has 0 saturated carbocycles. The first-order valence-electron chi connectivity index (χ1n) is 10.3. The van der Waals surface area contributed by atoms with Gasteiger partial charge in [-0.05, 0) is 23.6 Å². The Bertz CT molecular complexity index is 1210. The van der Waals surface area contributed by atoms with Crippen molar-refractivity contribution in [3.05, 3.63) is 84.7 Å². The summed E-state index contributed by atoms with van der Waals surface area (Å²) in [5.74, 6) is 0.755. The topological polar surface area (TPSA) is 67.4 Å². The van der Waals surface area contributed by atoms with E-state index in [0.29, 0.717) is 18.8 Å². The summed E-state index contributed by atoms with van der Waals surface area (Å²) in [7, 11) is 0. The van der Waals surface area contributed by atoms with Crippen LogP contribution in [0.1, 0.15) is 10.4 Å². The molecule has 0 spiro atoms. The number of rotatable bonds is 4. The van der Waals surface area contributed by atoms with Gasteiger partial charge in [-0.25, -0.2) is 9.97 Å². The Balaban J connectivity index is 1.34. The molecule has 1 saturated heterocycles. The Morgan fingerprint density at radius 3 is 2.52 bits per heavy atom. The lowest BCUT2D eigenvalue weighted by atomic mass is 10.1. The lowest BCUT2D eigenvalue weighted by Crippen LogP contribution is -2.36. The van der Waals surface area contributed by atoms with E-state index in [2.05, 4.69) is 20.2 Å². The number of fused-ring (bicyclic) bond motifs is 1. The highest BCUT2D eigenvalue weighted by Crippen LogP contribution is 2.25. The average molecular weight is 410 g/mol. The summed E-state index contributed by atoms with van der Waals surface area (Å²) in [6, 6.07) is 23.4. The standard InChI is InChI=1S/C25H22N4O2/c30-25(28-22-7-3-5-18-4-1-2-6-21(18)22)20-10-8-19(9-11-20)23-16-24(27-17-26-23)29-12-14-31-15-13-29/h1-11,16-17H,12-15H2,(H,28,30). The molecule has 154 valence electrons. The number of hydrogen-bond donors (Lipinski definition) is 1. The van der Waals surface area contributed by atoms with Crippen LogP contribution < -0.4 is 10.2 Å². The first-order valence-corrected chi connectivity index (χ1v) is 10.3. The fourth-order valence-electron chi connectivity index (χ4n) is 3.79. The minimum absolute atomic E-state index is 0.139. The van der Waals surface area contributed by atoms with Gasteiger partial charge in [-0.2, -0.15) is 0 Å². The molecular formula is C25H22N4O2. The summed E-state index contributed by atoms with van der Waals surface area (Å²) in [4.78, 5) is 23.8. The smallest absolute Gasteiger partial charge is 0.255 e. The van der Waals surface area contributed by atoms with Gasteiger partial charge < -0.3 is 15.0 Å². The van der Waals surface area contributed by atoms with Crippen LogP contribution in [0.15, 0.2) is 79.1 Å². The number of benzene rings is 3. The third-order valence-electron chi connectivity index (χ3n) is 5.47. The lowest BCUT2D eigenvalue weighted by molar-refractivity contribution is 0.102. The molecule has 1 N–H and O–H groups in total. The van der Waals surface area contributed by atoms with Gasteiger partial charge in [0.2, 0.25) is 0 Å². The molecule has 1 aliphatic rings. The van der Waals surface area contributed by atoms with Crippen molar-refractivity contribution in [1.82, 2.24) is 9.97 Å². The molecule has 0 atom stereocenters. The monoisotopic (exact) mass is 410 g/mol. The Hall–Kier alpha value is -3.77. The number of amides is 1.